The molecule has 0 aliphatic carbocycles. The average Bonchev–Trinajstić information content (AvgIpc) is 2.24. The summed E-state index contributed by atoms with van der Waals surface area (Å²) in [6.07, 6.45) is 1.14. The van der Waals surface area contributed by atoms with E-state index in [1.54, 1.807) is 0 Å². The fourth-order valence-corrected chi connectivity index (χ4v) is 2.06. The van der Waals surface area contributed by atoms with E-state index in [1.807, 2.05) is 12.1 Å². The minimum absolute atomic E-state index is 0.522. The van der Waals surface area contributed by atoms with Crippen LogP contribution in [0.1, 0.15) is 38.7 Å². The van der Waals surface area contributed by atoms with Crippen molar-refractivity contribution in [2.75, 3.05) is 13.1 Å². The normalized spacial score (nSPS) is 13.1. The number of hydrogen-bond acceptors (Lipinski definition) is 1. The quantitative estimate of drug-likeness (QED) is 0.738. The van der Waals surface area contributed by atoms with Gasteiger partial charge in [0.2, 0.25) is 0 Å². The van der Waals surface area contributed by atoms with Crippen molar-refractivity contribution in [3.8, 4) is 0 Å². The Morgan fingerprint density at radius 3 is 2.50 bits per heavy atom. The van der Waals surface area contributed by atoms with Gasteiger partial charge in [-0.25, -0.2) is 0 Å². The number of halogens is 1. The highest BCUT2D eigenvalue weighted by atomic mass is 35.5. The first-order valence-corrected chi connectivity index (χ1v) is 6.44. The lowest BCUT2D eigenvalue weighted by atomic mass is 9.98. The van der Waals surface area contributed by atoms with Crippen molar-refractivity contribution in [2.45, 2.75) is 33.1 Å². The largest absolute Gasteiger partial charge is 0.316 e. The second-order valence-corrected chi connectivity index (χ2v) is 5.22. The van der Waals surface area contributed by atoms with Crippen LogP contribution in [0.25, 0.3) is 0 Å². The molecule has 0 saturated heterocycles. The number of nitrogens with one attached hydrogen (secondary N) is 1. The lowest BCUT2D eigenvalue weighted by molar-refractivity contribution is 0.525. The third kappa shape index (κ3) is 4.54. The van der Waals surface area contributed by atoms with Crippen LogP contribution in [0.3, 0.4) is 0 Å². The summed E-state index contributed by atoms with van der Waals surface area (Å²) in [5, 5.41) is 4.35. The molecule has 0 aliphatic rings. The Morgan fingerprint density at radius 2 is 1.88 bits per heavy atom. The van der Waals surface area contributed by atoms with Crippen LogP contribution in [0.2, 0.25) is 5.02 Å². The zero-order valence-corrected chi connectivity index (χ0v) is 11.2. The van der Waals surface area contributed by atoms with E-state index in [0.29, 0.717) is 5.92 Å². The SMILES string of the molecule is CC(C)CNCCC(C)c1ccccc1Cl. The van der Waals surface area contributed by atoms with E-state index in [0.717, 1.165) is 30.5 Å². The molecule has 2 heteroatoms. The highest BCUT2D eigenvalue weighted by molar-refractivity contribution is 6.31. The van der Waals surface area contributed by atoms with Gasteiger partial charge in [-0.1, -0.05) is 50.6 Å². The van der Waals surface area contributed by atoms with E-state index in [4.69, 9.17) is 11.6 Å². The molecule has 0 aromatic heterocycles. The predicted octanol–water partition coefficient (Wildman–Crippen LogP) is 4.08. The number of rotatable bonds is 6. The van der Waals surface area contributed by atoms with Crippen LogP contribution < -0.4 is 5.32 Å². The average molecular weight is 240 g/mol. The van der Waals surface area contributed by atoms with Gasteiger partial charge in [0, 0.05) is 5.02 Å². The molecular formula is C14H22ClN. The van der Waals surface area contributed by atoms with Crippen LogP contribution in [0.5, 0.6) is 0 Å². The summed E-state index contributed by atoms with van der Waals surface area (Å²) in [5.74, 6) is 1.24. The minimum atomic E-state index is 0.522. The molecule has 1 rings (SSSR count). The zero-order chi connectivity index (χ0) is 12.0. The monoisotopic (exact) mass is 239 g/mol. The molecule has 90 valence electrons. The van der Waals surface area contributed by atoms with Crippen LogP contribution in [-0.2, 0) is 0 Å². The van der Waals surface area contributed by atoms with Gasteiger partial charge in [-0.15, -0.1) is 0 Å². The molecule has 0 heterocycles. The maximum absolute atomic E-state index is 6.16. The zero-order valence-electron chi connectivity index (χ0n) is 10.5. The maximum atomic E-state index is 6.16. The van der Waals surface area contributed by atoms with Crippen molar-refractivity contribution in [1.82, 2.24) is 5.32 Å². The summed E-state index contributed by atoms with van der Waals surface area (Å²) in [5.41, 5.74) is 1.26. The van der Waals surface area contributed by atoms with Gasteiger partial charge in [-0.3, -0.25) is 0 Å². The van der Waals surface area contributed by atoms with Crippen molar-refractivity contribution in [3.05, 3.63) is 34.9 Å². The highest BCUT2D eigenvalue weighted by Gasteiger charge is 2.08. The molecule has 16 heavy (non-hydrogen) atoms. The molecule has 1 nitrogen and oxygen atoms in total. The van der Waals surface area contributed by atoms with Gasteiger partial charge in [0.05, 0.1) is 0 Å². The first-order valence-electron chi connectivity index (χ1n) is 6.06. The van der Waals surface area contributed by atoms with E-state index in [-0.39, 0.29) is 0 Å². The third-order valence-corrected chi connectivity index (χ3v) is 3.09. The summed E-state index contributed by atoms with van der Waals surface area (Å²) in [6, 6.07) is 8.12. The van der Waals surface area contributed by atoms with Gasteiger partial charge in [0.1, 0.15) is 0 Å². The molecule has 0 fully saturated rings. The smallest absolute Gasteiger partial charge is 0.0440 e. The highest BCUT2D eigenvalue weighted by Crippen LogP contribution is 2.25. The van der Waals surface area contributed by atoms with Crippen LogP contribution in [0.15, 0.2) is 24.3 Å². The lowest BCUT2D eigenvalue weighted by Gasteiger charge is -2.14. The molecule has 1 N–H and O–H groups in total. The standard InChI is InChI=1S/C14H22ClN/c1-11(2)10-16-9-8-12(3)13-6-4-5-7-14(13)15/h4-7,11-12,16H,8-10H2,1-3H3. The lowest BCUT2D eigenvalue weighted by Crippen LogP contribution is -2.21. The Hall–Kier alpha value is -0.530. The van der Waals surface area contributed by atoms with Crippen LogP contribution in [-0.4, -0.2) is 13.1 Å². The van der Waals surface area contributed by atoms with Crippen molar-refractivity contribution in [1.29, 1.82) is 0 Å². The van der Waals surface area contributed by atoms with Gasteiger partial charge in [0.25, 0.3) is 0 Å². The molecule has 0 saturated carbocycles. The van der Waals surface area contributed by atoms with E-state index in [9.17, 15) is 0 Å². The van der Waals surface area contributed by atoms with E-state index in [2.05, 4.69) is 38.2 Å². The van der Waals surface area contributed by atoms with Crippen LogP contribution in [0.4, 0.5) is 0 Å². The first-order chi connectivity index (χ1) is 7.61. The fraction of sp³-hybridized carbons (Fsp3) is 0.571. The fourth-order valence-electron chi connectivity index (χ4n) is 1.74. The van der Waals surface area contributed by atoms with Crippen LogP contribution >= 0.6 is 11.6 Å². The van der Waals surface area contributed by atoms with Gasteiger partial charge < -0.3 is 5.32 Å². The second kappa shape index (κ2) is 6.93. The van der Waals surface area contributed by atoms with Crippen molar-refractivity contribution in [3.63, 3.8) is 0 Å². The molecular weight excluding hydrogens is 218 g/mol. The Morgan fingerprint density at radius 1 is 1.19 bits per heavy atom. The van der Waals surface area contributed by atoms with Crippen molar-refractivity contribution in [2.24, 2.45) is 5.92 Å². The van der Waals surface area contributed by atoms with Gasteiger partial charge in [-0.05, 0) is 43.0 Å². The molecule has 1 atom stereocenters. The Balaban J connectivity index is 2.35. The molecule has 0 amide bonds. The van der Waals surface area contributed by atoms with Crippen LogP contribution in [0, 0.1) is 5.92 Å². The topological polar surface area (TPSA) is 12.0 Å². The number of benzene rings is 1. The second-order valence-electron chi connectivity index (χ2n) is 4.81. The Labute approximate surface area is 104 Å². The summed E-state index contributed by atoms with van der Waals surface area (Å²) in [6.45, 7) is 8.84. The predicted molar refractivity (Wildman–Crippen MR) is 72.2 cm³/mol. The van der Waals surface area contributed by atoms with Gasteiger partial charge in [-0.2, -0.15) is 0 Å². The number of hydrogen-bond donors (Lipinski definition) is 1. The summed E-state index contributed by atoms with van der Waals surface area (Å²) in [4.78, 5) is 0. The van der Waals surface area contributed by atoms with E-state index < -0.39 is 0 Å². The van der Waals surface area contributed by atoms with Gasteiger partial charge in [0.15, 0.2) is 0 Å². The van der Waals surface area contributed by atoms with E-state index >= 15 is 0 Å². The van der Waals surface area contributed by atoms with Gasteiger partial charge >= 0.3 is 0 Å². The molecule has 0 bridgehead atoms. The molecule has 0 aliphatic heterocycles. The Bertz CT molecular complexity index is 309. The molecule has 1 unspecified atom stereocenters. The molecule has 1 aromatic carbocycles. The van der Waals surface area contributed by atoms with Crippen molar-refractivity contribution < 1.29 is 0 Å². The Kier molecular flexibility index (Phi) is 5.86. The minimum Gasteiger partial charge on any atom is -0.316 e. The first kappa shape index (κ1) is 13.5. The summed E-state index contributed by atoms with van der Waals surface area (Å²) < 4.78 is 0. The van der Waals surface area contributed by atoms with Crippen molar-refractivity contribution >= 4 is 11.6 Å². The molecule has 1 aromatic rings. The van der Waals surface area contributed by atoms with E-state index in [1.165, 1.54) is 5.56 Å². The third-order valence-electron chi connectivity index (χ3n) is 2.74. The summed E-state index contributed by atoms with van der Waals surface area (Å²) >= 11 is 6.16. The summed E-state index contributed by atoms with van der Waals surface area (Å²) in [7, 11) is 0. The molecule has 0 spiro atoms. The maximum Gasteiger partial charge on any atom is 0.0440 e. The molecule has 0 radical (unpaired) electrons.